The zero-order valence-electron chi connectivity index (χ0n) is 20.4. The average molecular weight is 489 g/mol. The van der Waals surface area contributed by atoms with E-state index in [0.29, 0.717) is 24.6 Å². The van der Waals surface area contributed by atoms with E-state index in [9.17, 15) is 9.59 Å². The highest BCUT2D eigenvalue weighted by Gasteiger charge is 2.38. The Labute approximate surface area is 211 Å². The van der Waals surface area contributed by atoms with Crippen LogP contribution in [0.3, 0.4) is 0 Å². The predicted octanol–water partition coefficient (Wildman–Crippen LogP) is 5.68. The summed E-state index contributed by atoms with van der Waals surface area (Å²) in [4.78, 5) is 31.8. The second-order valence-electron chi connectivity index (χ2n) is 9.72. The zero-order chi connectivity index (χ0) is 24.4. The Morgan fingerprint density at radius 2 is 1.80 bits per heavy atom. The lowest BCUT2D eigenvalue weighted by molar-refractivity contribution is -0.135. The maximum Gasteiger partial charge on any atom is 0.254 e. The molecule has 5 nitrogen and oxygen atoms in total. The van der Waals surface area contributed by atoms with Crippen molar-refractivity contribution in [3.63, 3.8) is 0 Å². The number of carbonyl (C=O) groups excluding carboxylic acids is 2. The van der Waals surface area contributed by atoms with Crippen molar-refractivity contribution < 1.29 is 14.3 Å². The molecule has 0 saturated heterocycles. The number of hydrogen-bond acceptors (Lipinski definition) is 4. The Balaban J connectivity index is 1.32. The summed E-state index contributed by atoms with van der Waals surface area (Å²) in [6.07, 6.45) is 2.76. The Bertz CT molecular complexity index is 1170. The number of nitrogens with zero attached hydrogens (tertiary/aromatic N) is 2. The highest BCUT2D eigenvalue weighted by molar-refractivity contribution is 7.10. The molecule has 6 heteroatoms. The Hall–Kier alpha value is -3.12. The molecule has 1 saturated carbocycles. The molecule has 2 aromatic carbocycles. The van der Waals surface area contributed by atoms with Gasteiger partial charge in [-0.15, -0.1) is 11.3 Å². The van der Waals surface area contributed by atoms with Crippen molar-refractivity contribution >= 4 is 23.2 Å². The van der Waals surface area contributed by atoms with Crippen LogP contribution in [0.2, 0.25) is 0 Å². The number of benzene rings is 2. The van der Waals surface area contributed by atoms with Crippen LogP contribution in [-0.2, 0) is 11.2 Å². The average Bonchev–Trinajstić information content (AvgIpc) is 3.61. The minimum atomic E-state index is -0.157. The van der Waals surface area contributed by atoms with Crippen molar-refractivity contribution in [1.82, 2.24) is 9.80 Å². The standard InChI is InChI=1S/C29H32N2O3S/c1-20(2)21-8-12-24(13-9-21)34-19-26-25-15-17-35-27(25)14-16-30(26)28(32)18-31(23-10-11-23)29(33)22-6-4-3-5-7-22/h3-9,12-13,15,17,20,23,26H,10-11,14,16,18-19H2,1-2H3/t26-/m1/s1. The second kappa shape index (κ2) is 10.2. The summed E-state index contributed by atoms with van der Waals surface area (Å²) in [5.74, 6) is 1.20. The molecule has 182 valence electrons. The number of ether oxygens (including phenoxy) is 1. The highest BCUT2D eigenvalue weighted by Crippen LogP contribution is 2.35. The van der Waals surface area contributed by atoms with Crippen LogP contribution >= 0.6 is 11.3 Å². The van der Waals surface area contributed by atoms with Gasteiger partial charge in [0.2, 0.25) is 5.91 Å². The number of thiophene rings is 1. The van der Waals surface area contributed by atoms with Gasteiger partial charge in [-0.05, 0) is 72.0 Å². The summed E-state index contributed by atoms with van der Waals surface area (Å²) in [6, 6.07) is 19.6. The third kappa shape index (κ3) is 5.27. The van der Waals surface area contributed by atoms with Crippen LogP contribution in [0, 0.1) is 0 Å². The van der Waals surface area contributed by atoms with Crippen molar-refractivity contribution in [1.29, 1.82) is 0 Å². The summed E-state index contributed by atoms with van der Waals surface area (Å²) in [6.45, 7) is 5.49. The van der Waals surface area contributed by atoms with E-state index in [1.165, 1.54) is 16.0 Å². The third-order valence-electron chi connectivity index (χ3n) is 6.94. The molecule has 1 aliphatic carbocycles. The van der Waals surface area contributed by atoms with E-state index in [0.717, 1.165) is 25.0 Å². The van der Waals surface area contributed by atoms with Crippen LogP contribution in [-0.4, -0.2) is 47.4 Å². The molecular weight excluding hydrogens is 456 g/mol. The van der Waals surface area contributed by atoms with Gasteiger partial charge in [0.05, 0.1) is 6.04 Å². The van der Waals surface area contributed by atoms with Gasteiger partial charge in [0.1, 0.15) is 18.9 Å². The predicted molar refractivity (Wildman–Crippen MR) is 139 cm³/mol. The molecule has 0 unspecified atom stereocenters. The summed E-state index contributed by atoms with van der Waals surface area (Å²) < 4.78 is 6.20. The second-order valence-corrected chi connectivity index (χ2v) is 10.7. The Kier molecular flexibility index (Phi) is 6.91. The first kappa shape index (κ1) is 23.6. The van der Waals surface area contributed by atoms with Gasteiger partial charge >= 0.3 is 0 Å². The summed E-state index contributed by atoms with van der Waals surface area (Å²) in [7, 11) is 0. The lowest BCUT2D eigenvalue weighted by atomic mass is 10.00. The smallest absolute Gasteiger partial charge is 0.254 e. The number of fused-ring (bicyclic) bond motifs is 1. The molecule has 1 fully saturated rings. The SMILES string of the molecule is CC(C)c1ccc(OC[C@@H]2c3ccsc3CCN2C(=O)CN(C(=O)c2ccccc2)C2CC2)cc1. The molecule has 1 atom stereocenters. The van der Waals surface area contributed by atoms with E-state index in [1.54, 1.807) is 16.2 Å². The van der Waals surface area contributed by atoms with Gasteiger partial charge in [-0.2, -0.15) is 0 Å². The Morgan fingerprint density at radius 3 is 2.49 bits per heavy atom. The number of amides is 2. The lowest BCUT2D eigenvalue weighted by Gasteiger charge is -2.37. The van der Waals surface area contributed by atoms with E-state index < -0.39 is 0 Å². The van der Waals surface area contributed by atoms with Crippen LogP contribution in [0.25, 0.3) is 0 Å². The molecule has 2 amide bonds. The molecule has 1 aromatic heterocycles. The van der Waals surface area contributed by atoms with Crippen LogP contribution in [0.4, 0.5) is 0 Å². The van der Waals surface area contributed by atoms with Gasteiger partial charge in [-0.1, -0.05) is 44.2 Å². The van der Waals surface area contributed by atoms with Gasteiger partial charge < -0.3 is 14.5 Å². The maximum absolute atomic E-state index is 13.6. The van der Waals surface area contributed by atoms with Crippen LogP contribution < -0.4 is 4.74 Å². The van der Waals surface area contributed by atoms with Gasteiger partial charge in [0.15, 0.2) is 0 Å². The molecule has 0 radical (unpaired) electrons. The first-order chi connectivity index (χ1) is 17.0. The van der Waals surface area contributed by atoms with Gasteiger partial charge in [0.25, 0.3) is 5.91 Å². The highest BCUT2D eigenvalue weighted by atomic mass is 32.1. The molecule has 5 rings (SSSR count). The summed E-state index contributed by atoms with van der Waals surface area (Å²) in [5, 5.41) is 2.10. The number of carbonyl (C=O) groups is 2. The maximum atomic E-state index is 13.6. The third-order valence-corrected chi connectivity index (χ3v) is 7.94. The molecule has 2 heterocycles. The fourth-order valence-electron chi connectivity index (χ4n) is 4.73. The summed E-state index contributed by atoms with van der Waals surface area (Å²) in [5.41, 5.74) is 3.08. The normalized spacial score (nSPS) is 17.2. The molecular formula is C29H32N2O3S. The van der Waals surface area contributed by atoms with Crippen LogP contribution in [0.15, 0.2) is 66.0 Å². The van der Waals surface area contributed by atoms with Gasteiger partial charge in [-0.3, -0.25) is 9.59 Å². The van der Waals surface area contributed by atoms with Gasteiger partial charge in [0, 0.05) is 23.0 Å². The molecule has 0 spiro atoms. The molecule has 0 bridgehead atoms. The van der Waals surface area contributed by atoms with Crippen LogP contribution in [0.5, 0.6) is 5.75 Å². The summed E-state index contributed by atoms with van der Waals surface area (Å²) >= 11 is 1.74. The minimum Gasteiger partial charge on any atom is -0.491 e. The van der Waals surface area contributed by atoms with Crippen molar-refractivity contribution in [3.8, 4) is 5.75 Å². The van der Waals surface area contributed by atoms with Crippen molar-refractivity contribution in [2.45, 2.75) is 51.1 Å². The van der Waals surface area contributed by atoms with E-state index in [4.69, 9.17) is 4.74 Å². The van der Waals surface area contributed by atoms with Gasteiger partial charge in [-0.25, -0.2) is 0 Å². The fraction of sp³-hybridized carbons (Fsp3) is 0.379. The lowest BCUT2D eigenvalue weighted by Crippen LogP contribution is -2.48. The Morgan fingerprint density at radius 1 is 1.06 bits per heavy atom. The van der Waals surface area contributed by atoms with Crippen molar-refractivity contribution in [2.24, 2.45) is 0 Å². The topological polar surface area (TPSA) is 49.9 Å². The monoisotopic (exact) mass is 488 g/mol. The number of rotatable bonds is 8. The minimum absolute atomic E-state index is 0.0122. The van der Waals surface area contributed by atoms with E-state index in [-0.39, 0.29) is 30.4 Å². The molecule has 2 aliphatic rings. The van der Waals surface area contributed by atoms with E-state index in [1.807, 2.05) is 47.4 Å². The zero-order valence-corrected chi connectivity index (χ0v) is 21.2. The first-order valence-electron chi connectivity index (χ1n) is 12.5. The largest absolute Gasteiger partial charge is 0.491 e. The van der Waals surface area contributed by atoms with Crippen molar-refractivity contribution in [3.05, 3.63) is 87.6 Å². The molecule has 0 N–H and O–H groups in total. The number of hydrogen-bond donors (Lipinski definition) is 0. The molecule has 35 heavy (non-hydrogen) atoms. The van der Waals surface area contributed by atoms with Crippen LogP contribution in [0.1, 0.15) is 65.0 Å². The fourth-order valence-corrected chi connectivity index (χ4v) is 5.66. The molecule has 3 aromatic rings. The van der Waals surface area contributed by atoms with E-state index in [2.05, 4.69) is 37.4 Å². The van der Waals surface area contributed by atoms with Crippen molar-refractivity contribution in [2.75, 3.05) is 19.7 Å². The quantitative estimate of drug-likeness (QED) is 0.410. The van der Waals surface area contributed by atoms with E-state index >= 15 is 0 Å². The first-order valence-corrected chi connectivity index (χ1v) is 13.3. The molecule has 1 aliphatic heterocycles.